The number of rotatable bonds is 16. The van der Waals surface area contributed by atoms with Gasteiger partial charge in [0.1, 0.15) is 35.8 Å². The summed E-state index contributed by atoms with van der Waals surface area (Å²) in [5.74, 6) is 1.96. The van der Waals surface area contributed by atoms with Gasteiger partial charge in [-0.25, -0.2) is 4.98 Å². The molecule has 0 radical (unpaired) electrons. The summed E-state index contributed by atoms with van der Waals surface area (Å²) in [6.45, 7) is 2.63. The molecule has 2 N–H and O–H groups in total. The fourth-order valence-corrected chi connectivity index (χ4v) is 9.24. The number of nitrogens with zero attached hydrogens (tertiary/aromatic N) is 1. The van der Waals surface area contributed by atoms with Gasteiger partial charge in [0, 0.05) is 23.9 Å². The van der Waals surface area contributed by atoms with Crippen LogP contribution in [0.25, 0.3) is 21.3 Å². The largest absolute Gasteiger partial charge is 0.496 e. The maximum Gasteiger partial charge on any atom is 0.405 e. The van der Waals surface area contributed by atoms with Crippen molar-refractivity contribution in [1.82, 2.24) is 15.6 Å². The van der Waals surface area contributed by atoms with Crippen LogP contribution < -0.4 is 24.8 Å². The summed E-state index contributed by atoms with van der Waals surface area (Å²) >= 11 is 7.06. The van der Waals surface area contributed by atoms with Crippen molar-refractivity contribution in [2.45, 2.75) is 61.9 Å². The van der Waals surface area contributed by atoms with E-state index in [0.29, 0.717) is 48.9 Å². The van der Waals surface area contributed by atoms with E-state index in [-0.39, 0.29) is 6.54 Å². The third-order valence-electron chi connectivity index (χ3n) is 9.90. The number of thioether (sulfide) groups is 1. The smallest absolute Gasteiger partial charge is 0.405 e. The number of carbonyl (C=O) groups excluding carboxylic acids is 1. The monoisotopic (exact) mass is 945 g/mol. The molecule has 0 saturated heterocycles. The van der Waals surface area contributed by atoms with Crippen LogP contribution in [-0.2, 0) is 35.2 Å². The Balaban J connectivity index is 0.000000250. The van der Waals surface area contributed by atoms with Crippen molar-refractivity contribution >= 4 is 59.0 Å². The highest BCUT2D eigenvalue weighted by Gasteiger charge is 2.49. The molecular weight excluding hydrogens is 900 g/mol. The van der Waals surface area contributed by atoms with Crippen molar-refractivity contribution in [1.29, 1.82) is 0 Å². The van der Waals surface area contributed by atoms with Gasteiger partial charge >= 0.3 is 12.4 Å². The first-order valence-corrected chi connectivity index (χ1v) is 23.2. The number of nitrogens with one attached hydrogen (secondary N) is 2. The van der Waals surface area contributed by atoms with E-state index in [2.05, 4.69) is 35.4 Å². The van der Waals surface area contributed by atoms with Gasteiger partial charge in [0.2, 0.25) is 5.91 Å². The number of aromatic nitrogens is 1. The van der Waals surface area contributed by atoms with Gasteiger partial charge in [-0.05, 0) is 86.8 Å². The zero-order valence-electron chi connectivity index (χ0n) is 34.6. The molecule has 0 spiro atoms. The molecule has 63 heavy (non-hydrogen) atoms. The lowest BCUT2D eigenvalue weighted by atomic mass is 9.73. The van der Waals surface area contributed by atoms with Crippen molar-refractivity contribution < 1.29 is 45.3 Å². The van der Waals surface area contributed by atoms with Gasteiger partial charge in [-0.2, -0.15) is 26.3 Å². The van der Waals surface area contributed by atoms with Crippen molar-refractivity contribution in [3.8, 4) is 28.4 Å². The van der Waals surface area contributed by atoms with Crippen LogP contribution in [0.1, 0.15) is 47.6 Å². The summed E-state index contributed by atoms with van der Waals surface area (Å²) in [6.07, 6.45) is -7.71. The highest BCUT2D eigenvalue weighted by Crippen LogP contribution is 2.52. The fraction of sp³-hybridized carbons (Fsp3) is 0.304. The number of hydrogen-bond acceptors (Lipinski definition) is 9. The van der Waals surface area contributed by atoms with Gasteiger partial charge in [0.05, 0.1) is 30.5 Å². The maximum absolute atomic E-state index is 13.6. The van der Waals surface area contributed by atoms with Crippen LogP contribution in [0.15, 0.2) is 114 Å². The molecule has 6 aromatic rings. The van der Waals surface area contributed by atoms with Crippen LogP contribution >= 0.6 is 31.1 Å². The topological polar surface area (TPSA) is 81.7 Å². The average Bonchev–Trinajstić information content (AvgIpc) is 3.81. The van der Waals surface area contributed by atoms with Crippen LogP contribution in [0.2, 0.25) is 0 Å². The molecule has 0 aliphatic heterocycles. The molecule has 1 aliphatic carbocycles. The summed E-state index contributed by atoms with van der Waals surface area (Å²) in [6, 6.07) is 33.9. The number of fused-ring (bicyclic) bond motifs is 4. The highest BCUT2D eigenvalue weighted by atomic mass is 32.4. The number of ether oxygens (including phenoxy) is 3. The van der Waals surface area contributed by atoms with Crippen molar-refractivity contribution in [3.63, 3.8) is 0 Å². The zero-order chi connectivity index (χ0) is 45.6. The first-order chi connectivity index (χ1) is 30.2. The zero-order valence-corrected chi connectivity index (χ0v) is 38.1. The van der Waals surface area contributed by atoms with E-state index in [9.17, 15) is 31.1 Å². The normalized spacial score (nSPS) is 12.5. The second kappa shape index (κ2) is 22.8. The van der Waals surface area contributed by atoms with Gasteiger partial charge in [0.25, 0.3) is 0 Å². The van der Waals surface area contributed by atoms with Crippen molar-refractivity contribution in [2.24, 2.45) is 0 Å². The summed E-state index contributed by atoms with van der Waals surface area (Å²) in [4.78, 5) is 18.3. The lowest BCUT2D eigenvalue weighted by Gasteiger charge is -2.31. The second-order valence-electron chi connectivity index (χ2n) is 14.3. The van der Waals surface area contributed by atoms with Gasteiger partial charge in [-0.1, -0.05) is 108 Å². The Morgan fingerprint density at radius 1 is 0.825 bits per heavy atom. The van der Waals surface area contributed by atoms with Gasteiger partial charge in [-0.15, -0.1) is 11.3 Å². The Kier molecular flexibility index (Phi) is 17.8. The van der Waals surface area contributed by atoms with E-state index in [1.165, 1.54) is 12.7 Å². The summed E-state index contributed by atoms with van der Waals surface area (Å²) < 4.78 is 94.1. The lowest BCUT2D eigenvalue weighted by Crippen LogP contribution is -2.47. The minimum atomic E-state index is -4.49. The molecule has 0 atom stereocenters. The molecule has 1 heterocycles. The molecular formula is C46H46F6N3O4PS3. The minimum Gasteiger partial charge on any atom is -0.496 e. The second-order valence-corrected chi connectivity index (χ2v) is 16.6. The standard InChI is InChI=1S/C28H25F3N2O2S2.C18H20F3NO2.HPS/c1-2-35-18-12-13-23-24(16-18)37-26(33-23)36-15-7-14-27(25(34)32-17-28(29,30)31)21-10-5-3-8-19(21)20-9-4-6-11-22(20)27;1-13-3-5-14(6-4-13)11-24-16-8-7-15(17(9-16)23-2)10-22-12-18(19,20)21;1-2/h3-6,8-13,16H,2,7,14-15,17H2,1H3,(H,32,34);3-9,22H,10-12H2,1-2H3;1H. The SMILES string of the molecule is CCOc1ccc2nc(SCCCC3(C(=O)NCC(F)(F)F)c4ccccc4-c4ccccc43)sc2c1.COc1cc(OCc2ccc(C)cc2)ccc1CNCC(F)(F)F.P=S. The lowest BCUT2D eigenvalue weighted by molar-refractivity contribution is -0.141. The van der Waals surface area contributed by atoms with Gasteiger partial charge in [0.15, 0.2) is 4.34 Å². The van der Waals surface area contributed by atoms with Crippen LogP contribution in [-0.4, -0.2) is 55.8 Å². The van der Waals surface area contributed by atoms with Gasteiger partial charge < -0.3 is 24.8 Å². The third-order valence-corrected chi connectivity index (χ3v) is 12.1. The van der Waals surface area contributed by atoms with Gasteiger partial charge in [-0.3, -0.25) is 4.79 Å². The number of methoxy groups -OCH3 is 1. The van der Waals surface area contributed by atoms with E-state index in [1.807, 2.05) is 105 Å². The van der Waals surface area contributed by atoms with E-state index < -0.39 is 36.8 Å². The minimum absolute atomic E-state index is 0.0704. The van der Waals surface area contributed by atoms with E-state index in [1.54, 1.807) is 41.3 Å². The van der Waals surface area contributed by atoms with Crippen LogP contribution in [0.3, 0.4) is 0 Å². The summed E-state index contributed by atoms with van der Waals surface area (Å²) in [7, 11) is 4.03. The van der Waals surface area contributed by atoms with Crippen LogP contribution in [0.5, 0.6) is 17.2 Å². The molecule has 7 rings (SSSR count). The molecule has 17 heteroatoms. The number of alkyl halides is 6. The van der Waals surface area contributed by atoms with Crippen molar-refractivity contribution in [2.75, 3.05) is 32.6 Å². The molecule has 1 amide bonds. The Hall–Kier alpha value is -4.73. The third kappa shape index (κ3) is 13.4. The van der Waals surface area contributed by atoms with E-state index in [0.717, 1.165) is 48.1 Å². The number of halogens is 6. The summed E-state index contributed by atoms with van der Waals surface area (Å²) in [5.41, 5.74) is 5.87. The van der Waals surface area contributed by atoms with E-state index in [4.69, 9.17) is 14.2 Å². The Labute approximate surface area is 378 Å². The molecule has 0 fully saturated rings. The number of aryl methyl sites for hydroxylation is 1. The van der Waals surface area contributed by atoms with Crippen molar-refractivity contribution in [3.05, 3.63) is 137 Å². The average molecular weight is 946 g/mol. The maximum atomic E-state index is 13.6. The molecule has 1 aliphatic rings. The summed E-state index contributed by atoms with van der Waals surface area (Å²) in [5, 5.41) is 4.54. The number of thiazole rings is 1. The quantitative estimate of drug-likeness (QED) is 0.0430. The molecule has 334 valence electrons. The Bertz CT molecular complexity index is 2390. The first-order valence-electron chi connectivity index (χ1n) is 19.7. The number of hydrogen-bond donors (Lipinski definition) is 2. The van der Waals surface area contributed by atoms with Crippen LogP contribution in [0, 0.1) is 6.92 Å². The molecule has 1 aromatic heterocycles. The fourth-order valence-electron chi connectivity index (χ4n) is 7.13. The molecule has 0 saturated carbocycles. The number of amides is 1. The van der Waals surface area contributed by atoms with Crippen LogP contribution in [0.4, 0.5) is 26.3 Å². The predicted octanol–water partition coefficient (Wildman–Crippen LogP) is 12.0. The Morgan fingerprint density at radius 2 is 1.44 bits per heavy atom. The number of carbonyl (C=O) groups is 1. The molecule has 0 bridgehead atoms. The highest BCUT2D eigenvalue weighted by molar-refractivity contribution is 8.01. The number of benzene rings is 5. The Morgan fingerprint density at radius 3 is 2.06 bits per heavy atom. The first kappa shape index (κ1) is 49.3. The molecule has 0 unspecified atom stereocenters. The van der Waals surface area contributed by atoms with E-state index >= 15 is 0 Å². The molecule has 7 nitrogen and oxygen atoms in total. The molecule has 5 aromatic carbocycles. The predicted molar refractivity (Wildman–Crippen MR) is 244 cm³/mol.